The molecule has 6 N–H and O–H groups in total. The molecule has 0 radical (unpaired) electrons. The summed E-state index contributed by atoms with van der Waals surface area (Å²) in [4.78, 5) is 56.1. The largest absolute Gasteiger partial charge is 0.491 e. The van der Waals surface area contributed by atoms with E-state index in [4.69, 9.17) is 28.9 Å². The lowest BCUT2D eigenvalue weighted by atomic mass is 9.84. The Hall–Kier alpha value is -5.45. The third-order valence-corrected chi connectivity index (χ3v) is 13.0. The van der Waals surface area contributed by atoms with Crippen molar-refractivity contribution in [2.45, 2.75) is 109 Å². The Bertz CT molecular complexity index is 2240. The monoisotopic (exact) mass is 868 g/mol. The zero-order chi connectivity index (χ0) is 44.6. The summed E-state index contributed by atoms with van der Waals surface area (Å²) < 4.78 is 21.3. The summed E-state index contributed by atoms with van der Waals surface area (Å²) in [5, 5.41) is 19.0. The van der Waals surface area contributed by atoms with Crippen LogP contribution in [0.5, 0.6) is 0 Å². The number of aliphatic hydroxyl groups excluding tert-OH is 1. The molecule has 0 saturated carbocycles. The number of allylic oxidation sites excluding steroid dienone is 7. The molecule has 0 bridgehead atoms. The van der Waals surface area contributed by atoms with Crippen LogP contribution in [0.25, 0.3) is 22.2 Å². The van der Waals surface area contributed by atoms with E-state index in [9.17, 15) is 19.5 Å². The van der Waals surface area contributed by atoms with Gasteiger partial charge in [0.25, 0.3) is 0 Å². The number of nitrogens with one attached hydrogen (secondary N) is 5. The molecule has 7 rings (SSSR count). The standard InChI is InChI=1S/C47H64N8O8/c1-27(2)42(54-47(59)62-6)45(57)55-19-7-8-40(55)44-48-25-38(52-44)30-11-9-29(10-12-30)34-16-13-32(24-41(34)63-21-20-60-4)31-14-17-35-37(23-31)51-43(50-35)36-18-15-33(49-36)22-28(3)39(26-56)53-46(58)61-5/h9,11,14,17,23-25,27-28,33,36,39-40,42,49,56H,7-8,10,12-13,15-16,18-22,26H2,1-6H3,(H,48,52)(H,50,51)(H,53,58)(H,54,59). The van der Waals surface area contributed by atoms with Gasteiger partial charge in [-0.2, -0.15) is 0 Å². The van der Waals surface area contributed by atoms with Crippen LogP contribution >= 0.6 is 0 Å². The highest BCUT2D eigenvalue weighted by molar-refractivity contribution is 5.86. The number of rotatable bonds is 17. The highest BCUT2D eigenvalue weighted by atomic mass is 16.5. The molecule has 4 aliphatic rings. The van der Waals surface area contributed by atoms with Crippen molar-refractivity contribution in [3.8, 4) is 0 Å². The molecule has 2 fully saturated rings. The number of hydrogen-bond acceptors (Lipinski definition) is 11. The van der Waals surface area contributed by atoms with E-state index in [-0.39, 0.29) is 48.5 Å². The molecule has 340 valence electrons. The summed E-state index contributed by atoms with van der Waals surface area (Å²) in [5.41, 5.74) is 8.80. The molecule has 1 aromatic carbocycles. The lowest BCUT2D eigenvalue weighted by molar-refractivity contribution is -0.135. The molecule has 3 aromatic rings. The summed E-state index contributed by atoms with van der Waals surface area (Å²) in [6.45, 7) is 7.25. The lowest BCUT2D eigenvalue weighted by Crippen LogP contribution is -2.51. The Kier molecular flexibility index (Phi) is 15.1. The summed E-state index contributed by atoms with van der Waals surface area (Å²) >= 11 is 0. The van der Waals surface area contributed by atoms with Crippen LogP contribution in [-0.2, 0) is 23.7 Å². The Morgan fingerprint density at radius 1 is 0.905 bits per heavy atom. The minimum absolute atomic E-state index is 0.0581. The van der Waals surface area contributed by atoms with E-state index >= 15 is 0 Å². The van der Waals surface area contributed by atoms with Crippen LogP contribution in [0, 0.1) is 11.8 Å². The molecule has 2 saturated heterocycles. The summed E-state index contributed by atoms with van der Waals surface area (Å²) in [6.07, 6.45) is 15.0. The average Bonchev–Trinajstić information content (AvgIpc) is 4.14. The van der Waals surface area contributed by atoms with Gasteiger partial charge in [-0.1, -0.05) is 39.0 Å². The van der Waals surface area contributed by atoms with E-state index < -0.39 is 18.2 Å². The average molecular weight is 869 g/mol. The van der Waals surface area contributed by atoms with E-state index in [0.717, 1.165) is 103 Å². The fourth-order valence-corrected chi connectivity index (χ4v) is 9.39. The number of fused-ring (bicyclic) bond motifs is 1. The van der Waals surface area contributed by atoms with Gasteiger partial charge in [-0.05, 0) is 116 Å². The molecule has 3 amide bonds. The number of nitrogens with zero attached hydrogens (tertiary/aromatic N) is 3. The number of likely N-dealkylation sites (tertiary alicyclic amines) is 1. The first-order valence-corrected chi connectivity index (χ1v) is 22.4. The molecule has 2 aliphatic heterocycles. The first-order valence-electron chi connectivity index (χ1n) is 22.4. The summed E-state index contributed by atoms with van der Waals surface area (Å²) in [6, 6.07) is 5.48. The normalized spacial score (nSPS) is 21.7. The second-order valence-electron chi connectivity index (χ2n) is 17.5. The fraction of sp³-hybridized carbons (Fsp3) is 0.553. The van der Waals surface area contributed by atoms with Gasteiger partial charge in [0.1, 0.15) is 30.1 Å². The summed E-state index contributed by atoms with van der Waals surface area (Å²) in [5.74, 6) is 2.37. The topological polar surface area (TPSA) is 205 Å². The Balaban J connectivity index is 1.04. The number of H-pyrrole nitrogens is 2. The van der Waals surface area contributed by atoms with Gasteiger partial charge in [-0.25, -0.2) is 19.6 Å². The second-order valence-corrected chi connectivity index (χ2v) is 17.5. The van der Waals surface area contributed by atoms with Gasteiger partial charge in [-0.15, -0.1) is 0 Å². The predicted octanol–water partition coefficient (Wildman–Crippen LogP) is 6.76. The minimum atomic E-state index is -0.683. The fourth-order valence-electron chi connectivity index (χ4n) is 9.39. The highest BCUT2D eigenvalue weighted by Crippen LogP contribution is 2.40. The van der Waals surface area contributed by atoms with Gasteiger partial charge in [0, 0.05) is 19.7 Å². The van der Waals surface area contributed by atoms with Crippen molar-refractivity contribution in [1.29, 1.82) is 0 Å². The maximum absolute atomic E-state index is 13.7. The highest BCUT2D eigenvalue weighted by Gasteiger charge is 2.38. The van der Waals surface area contributed by atoms with Crippen molar-refractivity contribution in [2.24, 2.45) is 11.8 Å². The molecule has 6 atom stereocenters. The van der Waals surface area contributed by atoms with Crippen LogP contribution in [0.15, 0.2) is 59.5 Å². The zero-order valence-electron chi connectivity index (χ0n) is 37.4. The number of methoxy groups -OCH3 is 3. The van der Waals surface area contributed by atoms with E-state index in [1.807, 2.05) is 31.9 Å². The Labute approximate surface area is 369 Å². The van der Waals surface area contributed by atoms with Crippen LogP contribution in [0.3, 0.4) is 0 Å². The maximum Gasteiger partial charge on any atom is 0.407 e. The predicted molar refractivity (Wildman–Crippen MR) is 239 cm³/mol. The van der Waals surface area contributed by atoms with E-state index in [2.05, 4.69) is 62.3 Å². The SMILES string of the molecule is COCCOC1=C(C2=CC=C(c3cnc(C4CCCN4C(=O)C(NC(=O)OC)C(C)C)[nH]3)CC2)CCC(c2ccc3nc(C4CCC(CC(C)C(CO)NC(=O)OC)N4)[nH]c3c2)=C1. The van der Waals surface area contributed by atoms with Crippen LogP contribution in [0.4, 0.5) is 9.59 Å². The molecular weight excluding hydrogens is 805 g/mol. The molecule has 16 nitrogen and oxygen atoms in total. The first kappa shape index (κ1) is 45.6. The first-order chi connectivity index (χ1) is 30.5. The van der Waals surface area contributed by atoms with Gasteiger partial charge in [0.2, 0.25) is 5.91 Å². The number of ether oxygens (including phenoxy) is 4. The lowest BCUT2D eigenvalue weighted by Gasteiger charge is -2.30. The number of hydrogen-bond donors (Lipinski definition) is 6. The van der Waals surface area contributed by atoms with Crippen molar-refractivity contribution >= 4 is 40.3 Å². The Morgan fingerprint density at radius 2 is 1.67 bits per heavy atom. The molecule has 2 aliphatic carbocycles. The number of aromatic nitrogens is 4. The van der Waals surface area contributed by atoms with Crippen LogP contribution in [0.2, 0.25) is 0 Å². The van der Waals surface area contributed by atoms with E-state index in [1.165, 1.54) is 30.9 Å². The Morgan fingerprint density at radius 3 is 2.40 bits per heavy atom. The van der Waals surface area contributed by atoms with Gasteiger partial charge in [-0.3, -0.25) is 4.79 Å². The quantitative estimate of drug-likeness (QED) is 0.0782. The third kappa shape index (κ3) is 10.7. The van der Waals surface area contributed by atoms with Gasteiger partial charge >= 0.3 is 12.2 Å². The molecule has 2 aromatic heterocycles. The molecule has 16 heteroatoms. The number of benzene rings is 1. The number of aliphatic hydroxyl groups is 1. The molecular formula is C47H64N8O8. The number of carbonyl (C=O) groups excluding carboxylic acids is 3. The minimum Gasteiger partial charge on any atom is -0.491 e. The number of imidazole rings is 2. The number of alkyl carbamates (subject to hydrolysis) is 2. The van der Waals surface area contributed by atoms with Crippen molar-refractivity contribution < 1.29 is 38.4 Å². The summed E-state index contributed by atoms with van der Waals surface area (Å²) in [7, 11) is 4.30. The molecule has 4 heterocycles. The van der Waals surface area contributed by atoms with Crippen molar-refractivity contribution in [3.63, 3.8) is 0 Å². The van der Waals surface area contributed by atoms with Crippen molar-refractivity contribution in [2.75, 3.05) is 47.7 Å². The van der Waals surface area contributed by atoms with Gasteiger partial charge in [0.15, 0.2) is 0 Å². The van der Waals surface area contributed by atoms with Crippen LogP contribution < -0.4 is 16.0 Å². The third-order valence-electron chi connectivity index (χ3n) is 13.0. The number of aromatic amines is 2. The van der Waals surface area contributed by atoms with Gasteiger partial charge < -0.3 is 54.9 Å². The zero-order valence-corrected chi connectivity index (χ0v) is 37.4. The van der Waals surface area contributed by atoms with E-state index in [0.29, 0.717) is 19.8 Å². The second kappa shape index (κ2) is 20.8. The number of amides is 3. The maximum atomic E-state index is 13.7. The molecule has 0 spiro atoms. The van der Waals surface area contributed by atoms with E-state index in [1.54, 1.807) is 7.11 Å². The van der Waals surface area contributed by atoms with Crippen LogP contribution in [0.1, 0.15) is 114 Å². The molecule has 6 unspecified atom stereocenters. The molecule has 63 heavy (non-hydrogen) atoms. The van der Waals surface area contributed by atoms with Crippen molar-refractivity contribution in [1.82, 2.24) is 40.8 Å². The van der Waals surface area contributed by atoms with Crippen molar-refractivity contribution in [3.05, 3.63) is 82.4 Å². The van der Waals surface area contributed by atoms with Gasteiger partial charge in [0.05, 0.1) is 68.5 Å². The number of carbonyl (C=O) groups is 3. The smallest absolute Gasteiger partial charge is 0.407 e. The van der Waals surface area contributed by atoms with Crippen LogP contribution in [-0.4, -0.2) is 114 Å².